The largest absolute Gasteiger partial charge is 0.476 e. The highest BCUT2D eigenvalue weighted by atomic mass is 35.5. The zero-order valence-electron chi connectivity index (χ0n) is 9.70. The van der Waals surface area contributed by atoms with Crippen molar-refractivity contribution >= 4 is 23.3 Å². The van der Waals surface area contributed by atoms with Gasteiger partial charge in [0.05, 0.1) is 15.6 Å². The van der Waals surface area contributed by atoms with Crippen molar-refractivity contribution in [2.75, 3.05) is 0 Å². The lowest BCUT2D eigenvalue weighted by molar-refractivity contribution is -0.384. The number of benzene rings is 1. The van der Waals surface area contributed by atoms with E-state index in [4.69, 9.17) is 16.7 Å². The first kappa shape index (κ1) is 13.0. The summed E-state index contributed by atoms with van der Waals surface area (Å²) in [5.41, 5.74) is 0.689. The zero-order valence-corrected chi connectivity index (χ0v) is 10.5. The van der Waals surface area contributed by atoms with Gasteiger partial charge in [0.15, 0.2) is 5.69 Å². The standard InChI is InChI=1S/C11H8ClN3O4/c1-6-4-9(11(16)17)13-14(6)10-3-2-7(15(18)19)5-8(10)12/h2-5H,1H3,(H,16,17). The number of non-ortho nitro benzene ring substituents is 1. The molecule has 0 bridgehead atoms. The van der Waals surface area contributed by atoms with Crippen LogP contribution in [0.5, 0.6) is 0 Å². The summed E-state index contributed by atoms with van der Waals surface area (Å²) in [6.45, 7) is 1.66. The van der Waals surface area contributed by atoms with Gasteiger partial charge in [0.2, 0.25) is 0 Å². The first-order valence-electron chi connectivity index (χ1n) is 5.14. The number of carboxylic acids is 1. The quantitative estimate of drug-likeness (QED) is 0.688. The number of hydrogen-bond acceptors (Lipinski definition) is 4. The molecular weight excluding hydrogens is 274 g/mol. The maximum absolute atomic E-state index is 10.8. The van der Waals surface area contributed by atoms with Crippen molar-refractivity contribution in [3.63, 3.8) is 0 Å². The van der Waals surface area contributed by atoms with Crippen LogP contribution in [0.1, 0.15) is 16.2 Å². The summed E-state index contributed by atoms with van der Waals surface area (Å²) in [4.78, 5) is 20.9. The van der Waals surface area contributed by atoms with E-state index in [1.54, 1.807) is 6.92 Å². The fourth-order valence-electron chi connectivity index (χ4n) is 1.60. The molecule has 0 aliphatic heterocycles. The molecule has 0 spiro atoms. The van der Waals surface area contributed by atoms with E-state index < -0.39 is 10.9 Å². The third kappa shape index (κ3) is 2.41. The summed E-state index contributed by atoms with van der Waals surface area (Å²) in [5.74, 6) is -1.15. The number of halogens is 1. The lowest BCUT2D eigenvalue weighted by Crippen LogP contribution is -2.03. The normalized spacial score (nSPS) is 10.4. The molecule has 0 amide bonds. The minimum atomic E-state index is -1.15. The molecule has 1 heterocycles. The molecule has 98 valence electrons. The average Bonchev–Trinajstić information content (AvgIpc) is 2.71. The fraction of sp³-hybridized carbons (Fsp3) is 0.0909. The SMILES string of the molecule is Cc1cc(C(=O)O)nn1-c1ccc([N+](=O)[O-])cc1Cl. The first-order chi connectivity index (χ1) is 8.90. The molecule has 1 N–H and O–H groups in total. The minimum absolute atomic E-state index is 0.119. The molecule has 1 aromatic heterocycles. The van der Waals surface area contributed by atoms with Crippen molar-refractivity contribution in [3.8, 4) is 5.69 Å². The Morgan fingerprint density at radius 2 is 2.16 bits per heavy atom. The average molecular weight is 282 g/mol. The molecule has 2 rings (SSSR count). The second-order valence-electron chi connectivity index (χ2n) is 3.78. The molecule has 0 aliphatic rings. The predicted molar refractivity (Wildman–Crippen MR) is 66.9 cm³/mol. The summed E-state index contributed by atoms with van der Waals surface area (Å²) in [6, 6.07) is 5.29. The number of carboxylic acid groups (broad SMARTS) is 1. The third-order valence-electron chi connectivity index (χ3n) is 2.48. The lowest BCUT2D eigenvalue weighted by Gasteiger charge is -2.06. The molecule has 0 aliphatic carbocycles. The number of aryl methyl sites for hydroxylation is 1. The van der Waals surface area contributed by atoms with E-state index in [0.29, 0.717) is 11.4 Å². The van der Waals surface area contributed by atoms with Crippen LogP contribution >= 0.6 is 11.6 Å². The Labute approximate surface area is 112 Å². The molecule has 0 unspecified atom stereocenters. The topological polar surface area (TPSA) is 98.3 Å². The molecule has 2 aromatic rings. The Hall–Kier alpha value is -2.41. The van der Waals surface area contributed by atoms with Gasteiger partial charge in [-0.15, -0.1) is 0 Å². The highest BCUT2D eigenvalue weighted by molar-refractivity contribution is 6.32. The molecule has 0 atom stereocenters. The third-order valence-corrected chi connectivity index (χ3v) is 2.78. The number of nitro groups is 1. The van der Waals surface area contributed by atoms with Crippen LogP contribution < -0.4 is 0 Å². The molecule has 8 heteroatoms. The highest BCUT2D eigenvalue weighted by Crippen LogP contribution is 2.26. The second-order valence-corrected chi connectivity index (χ2v) is 4.19. The van der Waals surface area contributed by atoms with Gasteiger partial charge in [-0.3, -0.25) is 10.1 Å². The minimum Gasteiger partial charge on any atom is -0.476 e. The van der Waals surface area contributed by atoms with Crippen molar-refractivity contribution in [1.29, 1.82) is 0 Å². The number of nitro benzene ring substituents is 1. The van der Waals surface area contributed by atoms with E-state index in [-0.39, 0.29) is 16.4 Å². The smallest absolute Gasteiger partial charge is 0.356 e. The number of rotatable bonds is 3. The van der Waals surface area contributed by atoms with Crippen LogP contribution in [0.15, 0.2) is 24.3 Å². The van der Waals surface area contributed by atoms with Crippen molar-refractivity contribution in [3.05, 3.63) is 50.8 Å². The number of aromatic nitrogens is 2. The first-order valence-corrected chi connectivity index (χ1v) is 5.52. The summed E-state index contributed by atoms with van der Waals surface area (Å²) in [7, 11) is 0. The van der Waals surface area contributed by atoms with E-state index in [0.717, 1.165) is 0 Å². The number of carbonyl (C=O) groups is 1. The van der Waals surface area contributed by atoms with Gasteiger partial charge in [-0.2, -0.15) is 5.10 Å². The Balaban J connectivity index is 2.53. The van der Waals surface area contributed by atoms with Gasteiger partial charge in [0.1, 0.15) is 0 Å². The van der Waals surface area contributed by atoms with Gasteiger partial charge in [0.25, 0.3) is 5.69 Å². The molecular formula is C11H8ClN3O4. The van der Waals surface area contributed by atoms with Crippen LogP contribution in [0.25, 0.3) is 5.69 Å². The number of nitrogens with zero attached hydrogens (tertiary/aromatic N) is 3. The van der Waals surface area contributed by atoms with Crippen LogP contribution in [0.3, 0.4) is 0 Å². The molecule has 1 aromatic carbocycles. The number of aromatic carboxylic acids is 1. The van der Waals surface area contributed by atoms with Crippen LogP contribution in [-0.4, -0.2) is 25.8 Å². The van der Waals surface area contributed by atoms with E-state index in [1.807, 2.05) is 0 Å². The summed E-state index contributed by atoms with van der Waals surface area (Å²) in [5, 5.41) is 23.5. The van der Waals surface area contributed by atoms with Gasteiger partial charge in [-0.1, -0.05) is 11.6 Å². The van der Waals surface area contributed by atoms with E-state index in [2.05, 4.69) is 5.10 Å². The van der Waals surface area contributed by atoms with Crippen molar-refractivity contribution in [2.45, 2.75) is 6.92 Å². The fourth-order valence-corrected chi connectivity index (χ4v) is 1.86. The Morgan fingerprint density at radius 1 is 1.47 bits per heavy atom. The molecule has 0 radical (unpaired) electrons. The van der Waals surface area contributed by atoms with Crippen molar-refractivity contribution < 1.29 is 14.8 Å². The van der Waals surface area contributed by atoms with Crippen molar-refractivity contribution in [1.82, 2.24) is 9.78 Å². The molecule has 0 saturated heterocycles. The summed E-state index contributed by atoms with van der Waals surface area (Å²) in [6.07, 6.45) is 0. The summed E-state index contributed by atoms with van der Waals surface area (Å²) < 4.78 is 1.33. The van der Waals surface area contributed by atoms with Crippen molar-refractivity contribution in [2.24, 2.45) is 0 Å². The molecule has 7 nitrogen and oxygen atoms in total. The molecule has 0 saturated carbocycles. The van der Waals surface area contributed by atoms with E-state index in [9.17, 15) is 14.9 Å². The Morgan fingerprint density at radius 3 is 2.63 bits per heavy atom. The summed E-state index contributed by atoms with van der Waals surface area (Å²) >= 11 is 5.96. The van der Waals surface area contributed by atoms with E-state index >= 15 is 0 Å². The van der Waals surface area contributed by atoms with Gasteiger partial charge in [-0.25, -0.2) is 9.48 Å². The van der Waals surface area contributed by atoms with Gasteiger partial charge < -0.3 is 5.11 Å². The van der Waals surface area contributed by atoms with Gasteiger partial charge in [-0.05, 0) is 19.1 Å². The maximum Gasteiger partial charge on any atom is 0.356 e. The molecule has 0 fully saturated rings. The molecule has 19 heavy (non-hydrogen) atoms. The van der Waals surface area contributed by atoms with Crippen LogP contribution in [-0.2, 0) is 0 Å². The monoisotopic (exact) mass is 281 g/mol. The maximum atomic E-state index is 10.8. The number of hydrogen-bond donors (Lipinski definition) is 1. The predicted octanol–water partition coefficient (Wildman–Crippen LogP) is 2.44. The second kappa shape index (κ2) is 4.69. The van der Waals surface area contributed by atoms with Gasteiger partial charge in [0, 0.05) is 17.8 Å². The lowest BCUT2D eigenvalue weighted by atomic mass is 10.3. The van der Waals surface area contributed by atoms with Gasteiger partial charge >= 0.3 is 5.97 Å². The van der Waals surface area contributed by atoms with E-state index in [1.165, 1.54) is 28.9 Å². The Bertz CT molecular complexity index is 681. The zero-order chi connectivity index (χ0) is 14.2. The van der Waals surface area contributed by atoms with Crippen LogP contribution in [0.4, 0.5) is 5.69 Å². The Kier molecular flexibility index (Phi) is 3.22. The van der Waals surface area contributed by atoms with Crippen LogP contribution in [0.2, 0.25) is 5.02 Å². The highest BCUT2D eigenvalue weighted by Gasteiger charge is 2.15. The van der Waals surface area contributed by atoms with Crippen LogP contribution in [0, 0.1) is 17.0 Å².